The van der Waals surface area contributed by atoms with Gasteiger partial charge < -0.3 is 10.2 Å². The van der Waals surface area contributed by atoms with Crippen LogP contribution < -0.4 is 5.32 Å². The molecule has 2 aliphatic rings. The van der Waals surface area contributed by atoms with Crippen LogP contribution >= 0.6 is 0 Å². The Kier molecular flexibility index (Phi) is 7.73. The highest BCUT2D eigenvalue weighted by Gasteiger charge is 2.39. The molecule has 176 valence electrons. The fourth-order valence-electron chi connectivity index (χ4n) is 5.20. The Morgan fingerprint density at radius 2 is 1.94 bits per heavy atom. The molecule has 3 atom stereocenters. The molecule has 0 spiro atoms. The second-order valence-electron chi connectivity index (χ2n) is 9.61. The Balaban J connectivity index is 1.57. The molecular formula is C27H36N4O2. The summed E-state index contributed by atoms with van der Waals surface area (Å²) < 4.78 is 0. The van der Waals surface area contributed by atoms with Gasteiger partial charge in [-0.2, -0.15) is 0 Å². The molecule has 2 aromatic heterocycles. The van der Waals surface area contributed by atoms with Crippen molar-refractivity contribution >= 4 is 11.8 Å². The molecule has 1 aliphatic carbocycles. The predicted molar refractivity (Wildman–Crippen MR) is 129 cm³/mol. The lowest BCUT2D eigenvalue weighted by molar-refractivity contribution is -0.140. The van der Waals surface area contributed by atoms with E-state index in [9.17, 15) is 9.59 Å². The van der Waals surface area contributed by atoms with E-state index in [1.807, 2.05) is 49.3 Å². The lowest BCUT2D eigenvalue weighted by atomic mass is 9.83. The third kappa shape index (κ3) is 5.43. The summed E-state index contributed by atoms with van der Waals surface area (Å²) in [4.78, 5) is 37.6. The number of hydrogen-bond donors (Lipinski definition) is 1. The molecule has 0 aromatic carbocycles. The Bertz CT molecular complexity index is 942. The molecule has 33 heavy (non-hydrogen) atoms. The van der Waals surface area contributed by atoms with Gasteiger partial charge in [0.1, 0.15) is 6.04 Å². The van der Waals surface area contributed by atoms with Crippen molar-refractivity contribution < 1.29 is 9.59 Å². The molecule has 4 rings (SSSR count). The van der Waals surface area contributed by atoms with Crippen LogP contribution in [0.4, 0.5) is 0 Å². The molecule has 2 amide bonds. The minimum absolute atomic E-state index is 0.00372. The van der Waals surface area contributed by atoms with Gasteiger partial charge in [-0.1, -0.05) is 39.2 Å². The van der Waals surface area contributed by atoms with E-state index in [2.05, 4.69) is 21.4 Å². The van der Waals surface area contributed by atoms with Crippen LogP contribution in [0.1, 0.15) is 76.8 Å². The van der Waals surface area contributed by atoms with Crippen LogP contribution in [0.25, 0.3) is 11.3 Å². The standard InChI is InChI=1S/C27H36N4O2/c1-3-19(2)26(32)30-25(20-10-5-4-6-11-20)27(33)31-15-9-13-24(31)22-16-21(17-28-18-22)23-12-7-8-14-29-23/h7-8,12,14,16-20,24-25H,3-6,9-11,13,15H2,1-2H3,(H,30,32). The zero-order valence-electron chi connectivity index (χ0n) is 19.9. The van der Waals surface area contributed by atoms with Gasteiger partial charge in [-0.25, -0.2) is 0 Å². The molecule has 1 saturated carbocycles. The number of nitrogens with one attached hydrogen (secondary N) is 1. The Labute approximate surface area is 197 Å². The Hall–Kier alpha value is -2.76. The van der Waals surface area contributed by atoms with Crippen LogP contribution in [0, 0.1) is 11.8 Å². The number of rotatable bonds is 7. The summed E-state index contributed by atoms with van der Waals surface area (Å²) in [6.07, 6.45) is 13.6. The third-order valence-electron chi connectivity index (χ3n) is 7.39. The minimum Gasteiger partial charge on any atom is -0.344 e. The molecule has 6 heteroatoms. The maximum absolute atomic E-state index is 13.9. The highest BCUT2D eigenvalue weighted by atomic mass is 16.2. The number of carbonyl (C=O) groups excluding carboxylic acids is 2. The third-order valence-corrected chi connectivity index (χ3v) is 7.39. The monoisotopic (exact) mass is 448 g/mol. The molecular weight excluding hydrogens is 412 g/mol. The molecule has 1 N–H and O–H groups in total. The normalized spacial score (nSPS) is 20.9. The van der Waals surface area contributed by atoms with Crippen LogP contribution in [0.2, 0.25) is 0 Å². The first-order valence-electron chi connectivity index (χ1n) is 12.6. The average molecular weight is 449 g/mol. The van der Waals surface area contributed by atoms with E-state index in [1.54, 1.807) is 6.20 Å². The SMILES string of the molecule is CCC(C)C(=O)NC(C(=O)N1CCCC1c1cncc(-c2ccccn2)c1)C1CCCCC1. The van der Waals surface area contributed by atoms with Crippen molar-refractivity contribution in [3.63, 3.8) is 0 Å². The maximum atomic E-state index is 13.9. The van der Waals surface area contributed by atoms with Crippen molar-refractivity contribution in [3.05, 3.63) is 48.4 Å². The van der Waals surface area contributed by atoms with Gasteiger partial charge in [0.25, 0.3) is 0 Å². The van der Waals surface area contributed by atoms with Gasteiger partial charge in [0.05, 0.1) is 11.7 Å². The summed E-state index contributed by atoms with van der Waals surface area (Å²) >= 11 is 0. The van der Waals surface area contributed by atoms with Crippen molar-refractivity contribution in [2.24, 2.45) is 11.8 Å². The summed E-state index contributed by atoms with van der Waals surface area (Å²) in [5.41, 5.74) is 2.88. The smallest absolute Gasteiger partial charge is 0.245 e. The number of hydrogen-bond acceptors (Lipinski definition) is 4. The number of likely N-dealkylation sites (tertiary alicyclic amines) is 1. The number of pyridine rings is 2. The molecule has 2 fully saturated rings. The van der Waals surface area contributed by atoms with Crippen molar-refractivity contribution in [2.45, 2.75) is 77.3 Å². The van der Waals surface area contributed by atoms with Crippen LogP contribution in [-0.2, 0) is 9.59 Å². The van der Waals surface area contributed by atoms with E-state index in [1.165, 1.54) is 6.42 Å². The van der Waals surface area contributed by atoms with Crippen LogP contribution in [0.15, 0.2) is 42.9 Å². The maximum Gasteiger partial charge on any atom is 0.245 e. The molecule has 0 radical (unpaired) electrons. The molecule has 1 aliphatic heterocycles. The summed E-state index contributed by atoms with van der Waals surface area (Å²) in [5.74, 6) is 0.205. The first-order valence-corrected chi connectivity index (χ1v) is 12.6. The summed E-state index contributed by atoms with van der Waals surface area (Å²) in [5, 5.41) is 3.17. The number of aromatic nitrogens is 2. The van der Waals surface area contributed by atoms with Crippen molar-refractivity contribution in [3.8, 4) is 11.3 Å². The Morgan fingerprint density at radius 1 is 1.12 bits per heavy atom. The molecule has 3 heterocycles. The van der Waals surface area contributed by atoms with Gasteiger partial charge in [0, 0.05) is 36.6 Å². The molecule has 1 saturated heterocycles. The first kappa shape index (κ1) is 23.4. The lowest BCUT2D eigenvalue weighted by Gasteiger charge is -2.35. The molecule has 0 bridgehead atoms. The Morgan fingerprint density at radius 3 is 2.67 bits per heavy atom. The van der Waals surface area contributed by atoms with Gasteiger partial charge >= 0.3 is 0 Å². The van der Waals surface area contributed by atoms with Crippen LogP contribution in [-0.4, -0.2) is 39.3 Å². The first-order chi connectivity index (χ1) is 16.1. The molecule has 3 unspecified atom stereocenters. The number of amides is 2. The van der Waals surface area contributed by atoms with E-state index >= 15 is 0 Å². The van der Waals surface area contributed by atoms with E-state index in [0.717, 1.165) is 68.3 Å². The van der Waals surface area contributed by atoms with Crippen molar-refractivity contribution in [1.82, 2.24) is 20.2 Å². The van der Waals surface area contributed by atoms with Gasteiger partial charge in [-0.05, 0) is 61.8 Å². The second kappa shape index (κ2) is 10.9. The van der Waals surface area contributed by atoms with Gasteiger partial charge in [0.15, 0.2) is 0 Å². The van der Waals surface area contributed by atoms with Gasteiger partial charge in [-0.15, -0.1) is 0 Å². The highest BCUT2D eigenvalue weighted by molar-refractivity contribution is 5.89. The second-order valence-corrected chi connectivity index (χ2v) is 9.61. The lowest BCUT2D eigenvalue weighted by Crippen LogP contribution is -2.53. The summed E-state index contributed by atoms with van der Waals surface area (Å²) in [6, 6.07) is 7.51. The van der Waals surface area contributed by atoms with Gasteiger partial charge in [-0.3, -0.25) is 19.6 Å². The zero-order valence-corrected chi connectivity index (χ0v) is 19.9. The fourth-order valence-corrected chi connectivity index (χ4v) is 5.20. The fraction of sp³-hybridized carbons (Fsp3) is 0.556. The largest absolute Gasteiger partial charge is 0.344 e. The zero-order chi connectivity index (χ0) is 23.2. The highest BCUT2D eigenvalue weighted by Crippen LogP contribution is 2.36. The average Bonchev–Trinajstić information content (AvgIpc) is 3.37. The van der Waals surface area contributed by atoms with Gasteiger partial charge in [0.2, 0.25) is 11.8 Å². The summed E-state index contributed by atoms with van der Waals surface area (Å²) in [7, 11) is 0. The number of carbonyl (C=O) groups is 2. The van der Waals surface area contributed by atoms with Crippen molar-refractivity contribution in [1.29, 1.82) is 0 Å². The molecule has 2 aromatic rings. The van der Waals surface area contributed by atoms with Crippen LogP contribution in [0.3, 0.4) is 0 Å². The topological polar surface area (TPSA) is 75.2 Å². The van der Waals surface area contributed by atoms with E-state index in [0.29, 0.717) is 0 Å². The number of nitrogens with zero attached hydrogens (tertiary/aromatic N) is 3. The quantitative estimate of drug-likeness (QED) is 0.652. The van der Waals surface area contributed by atoms with Crippen molar-refractivity contribution in [2.75, 3.05) is 6.54 Å². The van der Waals surface area contributed by atoms with Crippen LogP contribution in [0.5, 0.6) is 0 Å². The molecule has 6 nitrogen and oxygen atoms in total. The van der Waals surface area contributed by atoms with E-state index in [4.69, 9.17) is 0 Å². The predicted octanol–water partition coefficient (Wildman–Crippen LogP) is 4.92. The van der Waals surface area contributed by atoms with E-state index in [-0.39, 0.29) is 29.7 Å². The van der Waals surface area contributed by atoms with E-state index < -0.39 is 6.04 Å². The minimum atomic E-state index is -0.431. The summed E-state index contributed by atoms with van der Waals surface area (Å²) in [6.45, 7) is 4.67.